The van der Waals surface area contributed by atoms with Gasteiger partial charge >= 0.3 is 0 Å². The summed E-state index contributed by atoms with van der Waals surface area (Å²) >= 11 is 5.97. The molecule has 0 radical (unpaired) electrons. The number of nitrogens with zero attached hydrogens (tertiary/aromatic N) is 5. The van der Waals surface area contributed by atoms with Gasteiger partial charge in [0.05, 0.1) is 11.9 Å². The van der Waals surface area contributed by atoms with Crippen LogP contribution in [-0.2, 0) is 0 Å². The first-order valence-electron chi connectivity index (χ1n) is 10.3. The highest BCUT2D eigenvalue weighted by Gasteiger charge is 2.22. The van der Waals surface area contributed by atoms with Crippen molar-refractivity contribution in [3.63, 3.8) is 0 Å². The SMILES string of the molecule is C[C@@H]1CCCCN1c1nc(N/N=C\c2cc(Cl)ccc2O)nc(Nc2ccccc2F)n1. The van der Waals surface area contributed by atoms with Crippen LogP contribution < -0.4 is 15.6 Å². The third-order valence-electron chi connectivity index (χ3n) is 5.16. The van der Waals surface area contributed by atoms with Crippen LogP contribution in [-0.4, -0.2) is 38.9 Å². The molecule has 0 aliphatic carbocycles. The number of benzene rings is 2. The largest absolute Gasteiger partial charge is 0.507 e. The number of rotatable bonds is 6. The third-order valence-corrected chi connectivity index (χ3v) is 5.40. The fraction of sp³-hybridized carbons (Fsp3) is 0.273. The lowest BCUT2D eigenvalue weighted by Gasteiger charge is -2.33. The zero-order valence-electron chi connectivity index (χ0n) is 17.5. The Balaban J connectivity index is 1.62. The lowest BCUT2D eigenvalue weighted by molar-refractivity contribution is 0.474. The van der Waals surface area contributed by atoms with Crippen molar-refractivity contribution in [3.05, 3.63) is 58.9 Å². The smallest absolute Gasteiger partial charge is 0.250 e. The van der Waals surface area contributed by atoms with Crippen molar-refractivity contribution >= 4 is 41.3 Å². The van der Waals surface area contributed by atoms with E-state index in [9.17, 15) is 9.50 Å². The van der Waals surface area contributed by atoms with Gasteiger partial charge in [-0.1, -0.05) is 23.7 Å². The number of aromatic hydroxyl groups is 1. The van der Waals surface area contributed by atoms with Crippen molar-refractivity contribution in [1.29, 1.82) is 0 Å². The third kappa shape index (κ3) is 5.23. The lowest BCUT2D eigenvalue weighted by Crippen LogP contribution is -2.38. The monoisotopic (exact) mass is 455 g/mol. The molecule has 10 heteroatoms. The van der Waals surface area contributed by atoms with E-state index in [0.717, 1.165) is 25.8 Å². The van der Waals surface area contributed by atoms with Gasteiger partial charge in [0.2, 0.25) is 17.8 Å². The van der Waals surface area contributed by atoms with Gasteiger partial charge in [-0.05, 0) is 56.5 Å². The Hall–Kier alpha value is -3.46. The molecular weight excluding hydrogens is 433 g/mol. The van der Waals surface area contributed by atoms with Gasteiger partial charge in [0, 0.05) is 23.2 Å². The van der Waals surface area contributed by atoms with Gasteiger partial charge in [-0.15, -0.1) is 0 Å². The average molecular weight is 456 g/mol. The molecule has 0 bridgehead atoms. The zero-order chi connectivity index (χ0) is 22.5. The molecule has 2 heterocycles. The molecule has 0 spiro atoms. The number of piperidine rings is 1. The van der Waals surface area contributed by atoms with E-state index in [4.69, 9.17) is 11.6 Å². The average Bonchev–Trinajstić information content (AvgIpc) is 2.78. The predicted octanol–water partition coefficient (Wildman–Crippen LogP) is 4.94. The number of hydrazone groups is 1. The fourth-order valence-corrected chi connectivity index (χ4v) is 3.65. The van der Waals surface area contributed by atoms with Crippen LogP contribution in [0.25, 0.3) is 0 Å². The minimum Gasteiger partial charge on any atom is -0.507 e. The normalized spacial score (nSPS) is 16.3. The predicted molar refractivity (Wildman–Crippen MR) is 125 cm³/mol. The van der Waals surface area contributed by atoms with E-state index in [1.165, 1.54) is 18.3 Å². The van der Waals surface area contributed by atoms with Crippen LogP contribution in [0.3, 0.4) is 0 Å². The molecule has 2 aromatic carbocycles. The maximum atomic E-state index is 14.1. The number of hydrogen-bond donors (Lipinski definition) is 3. The summed E-state index contributed by atoms with van der Waals surface area (Å²) in [5, 5.41) is 17.4. The highest BCUT2D eigenvalue weighted by molar-refractivity contribution is 6.30. The second-order valence-electron chi connectivity index (χ2n) is 7.50. The molecule has 0 saturated carbocycles. The second-order valence-corrected chi connectivity index (χ2v) is 7.94. The molecule has 32 heavy (non-hydrogen) atoms. The van der Waals surface area contributed by atoms with Gasteiger partial charge in [0.25, 0.3) is 0 Å². The lowest BCUT2D eigenvalue weighted by atomic mass is 10.0. The molecule has 1 atom stereocenters. The van der Waals surface area contributed by atoms with Gasteiger partial charge in [0.1, 0.15) is 11.6 Å². The summed E-state index contributed by atoms with van der Waals surface area (Å²) in [5.41, 5.74) is 3.47. The highest BCUT2D eigenvalue weighted by atomic mass is 35.5. The van der Waals surface area contributed by atoms with Crippen LogP contribution >= 0.6 is 11.6 Å². The standard InChI is InChI=1S/C22H23ClFN7O/c1-14-6-4-5-11-31(14)22-28-20(26-18-8-3-2-7-17(18)24)27-21(29-22)30-25-13-15-12-16(23)9-10-19(15)32/h2-3,7-10,12-14,32H,4-6,11H2,1H3,(H2,26,27,28,29,30)/b25-13-/t14-/m1/s1. The zero-order valence-corrected chi connectivity index (χ0v) is 18.2. The summed E-state index contributed by atoms with van der Waals surface area (Å²) in [6.45, 7) is 2.95. The van der Waals surface area contributed by atoms with E-state index < -0.39 is 5.82 Å². The van der Waals surface area contributed by atoms with E-state index in [0.29, 0.717) is 16.5 Å². The van der Waals surface area contributed by atoms with E-state index in [-0.39, 0.29) is 29.4 Å². The molecule has 4 rings (SSSR count). The Morgan fingerprint density at radius 3 is 2.78 bits per heavy atom. The van der Waals surface area contributed by atoms with E-state index in [2.05, 4.69) is 42.6 Å². The summed E-state index contributed by atoms with van der Waals surface area (Å²) in [6.07, 6.45) is 4.65. The summed E-state index contributed by atoms with van der Waals surface area (Å²) in [4.78, 5) is 15.4. The summed E-state index contributed by atoms with van der Waals surface area (Å²) in [6, 6.07) is 11.2. The molecule has 166 valence electrons. The quantitative estimate of drug-likeness (QED) is 0.357. The minimum atomic E-state index is -0.412. The number of hydrogen-bond acceptors (Lipinski definition) is 8. The van der Waals surface area contributed by atoms with Gasteiger partial charge in [0.15, 0.2) is 0 Å². The summed E-state index contributed by atoms with van der Waals surface area (Å²) < 4.78 is 14.1. The van der Waals surface area contributed by atoms with Crippen LogP contribution in [0.15, 0.2) is 47.6 Å². The van der Waals surface area contributed by atoms with Crippen molar-refractivity contribution in [3.8, 4) is 5.75 Å². The molecule has 1 aromatic heterocycles. The van der Waals surface area contributed by atoms with Gasteiger partial charge < -0.3 is 15.3 Å². The minimum absolute atomic E-state index is 0.0420. The Kier molecular flexibility index (Phi) is 6.65. The number of nitrogens with one attached hydrogen (secondary N) is 2. The Bertz CT molecular complexity index is 1130. The van der Waals surface area contributed by atoms with Crippen molar-refractivity contribution in [2.75, 3.05) is 22.2 Å². The van der Waals surface area contributed by atoms with E-state index >= 15 is 0 Å². The molecular formula is C22H23ClFN7O. The van der Waals surface area contributed by atoms with Crippen LogP contribution in [0.5, 0.6) is 5.75 Å². The molecule has 0 unspecified atom stereocenters. The van der Waals surface area contributed by atoms with Gasteiger partial charge in [-0.2, -0.15) is 20.1 Å². The Labute approximate surface area is 190 Å². The van der Waals surface area contributed by atoms with E-state index in [1.807, 2.05) is 0 Å². The maximum Gasteiger partial charge on any atom is 0.250 e. The van der Waals surface area contributed by atoms with Crippen molar-refractivity contribution in [2.24, 2.45) is 5.10 Å². The number of para-hydroxylation sites is 1. The summed E-state index contributed by atoms with van der Waals surface area (Å²) in [7, 11) is 0. The fourth-order valence-electron chi connectivity index (χ4n) is 3.47. The number of halogens is 2. The number of aromatic nitrogens is 3. The molecule has 1 fully saturated rings. The Morgan fingerprint density at radius 1 is 1.16 bits per heavy atom. The molecule has 0 amide bonds. The second kappa shape index (κ2) is 9.78. The highest BCUT2D eigenvalue weighted by Crippen LogP contribution is 2.25. The number of anilines is 4. The van der Waals surface area contributed by atoms with Crippen LogP contribution in [0, 0.1) is 5.82 Å². The summed E-state index contributed by atoms with van der Waals surface area (Å²) in [5.74, 6) is 0.491. The topological polar surface area (TPSA) is 98.6 Å². The van der Waals surface area contributed by atoms with Gasteiger partial charge in [-0.25, -0.2) is 9.82 Å². The van der Waals surface area contributed by atoms with Crippen LogP contribution in [0.4, 0.5) is 27.9 Å². The number of phenolic OH excluding ortho intramolecular Hbond substituents is 1. The molecule has 3 N–H and O–H groups in total. The maximum absolute atomic E-state index is 14.1. The van der Waals surface area contributed by atoms with Crippen molar-refractivity contribution in [2.45, 2.75) is 32.2 Å². The van der Waals surface area contributed by atoms with Gasteiger partial charge in [-0.3, -0.25) is 0 Å². The molecule has 1 aliphatic rings. The van der Waals surface area contributed by atoms with E-state index in [1.54, 1.807) is 30.3 Å². The Morgan fingerprint density at radius 2 is 1.97 bits per heavy atom. The molecule has 1 aliphatic heterocycles. The molecule has 3 aromatic rings. The van der Waals surface area contributed by atoms with Crippen molar-refractivity contribution < 1.29 is 9.50 Å². The van der Waals surface area contributed by atoms with Crippen LogP contribution in [0.1, 0.15) is 31.7 Å². The molecule has 1 saturated heterocycles. The first-order chi connectivity index (χ1) is 15.5. The van der Waals surface area contributed by atoms with Crippen molar-refractivity contribution in [1.82, 2.24) is 15.0 Å². The first kappa shape index (κ1) is 21.8. The van der Waals surface area contributed by atoms with Crippen LogP contribution in [0.2, 0.25) is 5.02 Å². The number of phenols is 1. The molecule has 8 nitrogen and oxygen atoms in total. The first-order valence-corrected chi connectivity index (χ1v) is 10.7.